The maximum Gasteiger partial charge on any atom is 0.248 e. The molecular formula is C20H29N3O3. The van der Waals surface area contributed by atoms with Gasteiger partial charge in [-0.1, -0.05) is 30.3 Å². The number of rotatable bonds is 5. The maximum absolute atomic E-state index is 12.6. The highest BCUT2D eigenvalue weighted by atomic mass is 16.3. The van der Waals surface area contributed by atoms with Crippen LogP contribution < -0.4 is 5.32 Å². The third-order valence-electron chi connectivity index (χ3n) is 5.60. The van der Waals surface area contributed by atoms with Crippen molar-refractivity contribution < 1.29 is 14.7 Å². The standard InChI is InChI=1S/C20H29N3O3/c24-15-19(25)22-11-8-18(9-12-22)23-10-4-7-17(14-23)20(26)21-13-16-5-2-1-3-6-16/h1-3,5-6,17-18,24H,4,7-15H2,(H,21,26)/t17-/m1/s1. The summed E-state index contributed by atoms with van der Waals surface area (Å²) in [6.45, 7) is 3.41. The van der Waals surface area contributed by atoms with Gasteiger partial charge in [0.05, 0.1) is 5.92 Å². The number of aliphatic hydroxyl groups excluding tert-OH is 1. The highest BCUT2D eigenvalue weighted by Gasteiger charge is 2.32. The third-order valence-corrected chi connectivity index (χ3v) is 5.60. The molecule has 0 aliphatic carbocycles. The number of piperidine rings is 2. The minimum atomic E-state index is -0.405. The molecule has 2 aliphatic rings. The molecule has 2 aliphatic heterocycles. The zero-order valence-electron chi connectivity index (χ0n) is 15.3. The molecule has 2 heterocycles. The predicted molar refractivity (Wildman–Crippen MR) is 99.3 cm³/mol. The van der Waals surface area contributed by atoms with Gasteiger partial charge in [-0.25, -0.2) is 0 Å². The van der Waals surface area contributed by atoms with Gasteiger partial charge in [0.1, 0.15) is 6.61 Å². The molecule has 0 spiro atoms. The van der Waals surface area contributed by atoms with E-state index in [-0.39, 0.29) is 17.7 Å². The Morgan fingerprint density at radius 3 is 2.50 bits per heavy atom. The quantitative estimate of drug-likeness (QED) is 0.823. The Morgan fingerprint density at radius 1 is 1.08 bits per heavy atom. The number of hydrogen-bond donors (Lipinski definition) is 2. The molecule has 2 amide bonds. The van der Waals surface area contributed by atoms with Crippen molar-refractivity contribution in [1.29, 1.82) is 0 Å². The minimum absolute atomic E-state index is 0.0459. The van der Waals surface area contributed by atoms with Crippen molar-refractivity contribution in [3.63, 3.8) is 0 Å². The molecule has 1 aromatic carbocycles. The summed E-state index contributed by atoms with van der Waals surface area (Å²) in [6.07, 6.45) is 3.83. The number of carbonyl (C=O) groups is 2. The summed E-state index contributed by atoms with van der Waals surface area (Å²) in [5, 5.41) is 12.1. The second kappa shape index (κ2) is 9.14. The Morgan fingerprint density at radius 2 is 1.81 bits per heavy atom. The second-order valence-electron chi connectivity index (χ2n) is 7.31. The fourth-order valence-corrected chi connectivity index (χ4v) is 4.06. The number of aliphatic hydroxyl groups is 1. The lowest BCUT2D eigenvalue weighted by Crippen LogP contribution is -2.51. The van der Waals surface area contributed by atoms with Crippen LogP contribution in [-0.4, -0.2) is 65.5 Å². The van der Waals surface area contributed by atoms with E-state index < -0.39 is 6.61 Å². The van der Waals surface area contributed by atoms with E-state index in [1.165, 1.54) is 0 Å². The lowest BCUT2D eigenvalue weighted by molar-refractivity contribution is -0.135. The Hall–Kier alpha value is -1.92. The van der Waals surface area contributed by atoms with Crippen molar-refractivity contribution in [2.24, 2.45) is 5.92 Å². The van der Waals surface area contributed by atoms with Crippen molar-refractivity contribution in [3.8, 4) is 0 Å². The number of amides is 2. The van der Waals surface area contributed by atoms with Crippen LogP contribution in [-0.2, 0) is 16.1 Å². The molecule has 26 heavy (non-hydrogen) atoms. The van der Waals surface area contributed by atoms with Crippen LogP contribution >= 0.6 is 0 Å². The topological polar surface area (TPSA) is 72.9 Å². The Bertz CT molecular complexity index is 600. The lowest BCUT2D eigenvalue weighted by Gasteiger charge is -2.42. The monoisotopic (exact) mass is 359 g/mol. The number of hydrogen-bond acceptors (Lipinski definition) is 4. The van der Waals surface area contributed by atoms with Gasteiger partial charge >= 0.3 is 0 Å². The van der Waals surface area contributed by atoms with Crippen LogP contribution in [0.3, 0.4) is 0 Å². The Labute approximate surface area is 155 Å². The van der Waals surface area contributed by atoms with Crippen molar-refractivity contribution in [2.45, 2.75) is 38.3 Å². The Balaban J connectivity index is 1.46. The summed E-state index contributed by atoms with van der Waals surface area (Å²) in [6, 6.07) is 10.4. The predicted octanol–water partition coefficient (Wildman–Crippen LogP) is 0.998. The first-order chi connectivity index (χ1) is 12.7. The molecule has 1 atom stereocenters. The molecule has 0 radical (unpaired) electrons. The normalized spacial score (nSPS) is 22.2. The lowest BCUT2D eigenvalue weighted by atomic mass is 9.93. The highest BCUT2D eigenvalue weighted by molar-refractivity contribution is 5.79. The fraction of sp³-hybridized carbons (Fsp3) is 0.600. The summed E-state index contributed by atoms with van der Waals surface area (Å²) >= 11 is 0. The number of nitrogens with one attached hydrogen (secondary N) is 1. The van der Waals surface area contributed by atoms with E-state index in [1.807, 2.05) is 30.3 Å². The average Bonchev–Trinajstić information content (AvgIpc) is 2.72. The molecule has 0 bridgehead atoms. The van der Waals surface area contributed by atoms with Gasteiger partial charge in [-0.3, -0.25) is 14.5 Å². The highest BCUT2D eigenvalue weighted by Crippen LogP contribution is 2.24. The van der Waals surface area contributed by atoms with Gasteiger partial charge in [0, 0.05) is 32.2 Å². The number of carbonyl (C=O) groups excluding carboxylic acids is 2. The third kappa shape index (κ3) is 4.83. The van der Waals surface area contributed by atoms with Crippen LogP contribution in [0.5, 0.6) is 0 Å². The number of benzene rings is 1. The van der Waals surface area contributed by atoms with Crippen LogP contribution in [0, 0.1) is 5.92 Å². The second-order valence-corrected chi connectivity index (χ2v) is 7.31. The molecular weight excluding hydrogens is 330 g/mol. The first kappa shape index (κ1) is 18.9. The van der Waals surface area contributed by atoms with Gasteiger partial charge in [0.2, 0.25) is 11.8 Å². The van der Waals surface area contributed by atoms with Crippen LogP contribution in [0.15, 0.2) is 30.3 Å². The van der Waals surface area contributed by atoms with Crippen LogP contribution in [0.1, 0.15) is 31.2 Å². The molecule has 142 valence electrons. The summed E-state index contributed by atoms with van der Waals surface area (Å²) in [4.78, 5) is 28.3. The first-order valence-corrected chi connectivity index (χ1v) is 9.61. The van der Waals surface area contributed by atoms with Crippen LogP contribution in [0.2, 0.25) is 0 Å². The van der Waals surface area contributed by atoms with Crippen molar-refractivity contribution >= 4 is 11.8 Å². The smallest absolute Gasteiger partial charge is 0.248 e. The molecule has 6 nitrogen and oxygen atoms in total. The van der Waals surface area contributed by atoms with E-state index in [0.29, 0.717) is 25.7 Å². The molecule has 1 aromatic rings. The average molecular weight is 359 g/mol. The molecule has 2 fully saturated rings. The summed E-state index contributed by atoms with van der Waals surface area (Å²) in [5.41, 5.74) is 1.12. The Kier molecular flexibility index (Phi) is 6.63. The van der Waals surface area contributed by atoms with E-state index >= 15 is 0 Å². The zero-order valence-corrected chi connectivity index (χ0v) is 15.3. The van der Waals surface area contributed by atoms with Crippen molar-refractivity contribution in [1.82, 2.24) is 15.1 Å². The van der Waals surface area contributed by atoms with Gasteiger partial charge in [-0.05, 0) is 37.8 Å². The number of likely N-dealkylation sites (tertiary alicyclic amines) is 2. The molecule has 0 unspecified atom stereocenters. The van der Waals surface area contributed by atoms with Gasteiger partial charge in [-0.2, -0.15) is 0 Å². The maximum atomic E-state index is 12.6. The SMILES string of the molecule is O=C(NCc1ccccc1)[C@@H]1CCCN(C2CCN(C(=O)CO)CC2)C1. The van der Waals surface area contributed by atoms with E-state index in [9.17, 15) is 9.59 Å². The van der Waals surface area contributed by atoms with E-state index in [4.69, 9.17) is 5.11 Å². The molecule has 0 saturated carbocycles. The zero-order chi connectivity index (χ0) is 18.4. The fourth-order valence-electron chi connectivity index (χ4n) is 4.06. The van der Waals surface area contributed by atoms with Gasteiger partial charge in [0.15, 0.2) is 0 Å². The minimum Gasteiger partial charge on any atom is -0.387 e. The summed E-state index contributed by atoms with van der Waals surface area (Å²) < 4.78 is 0. The van der Waals surface area contributed by atoms with Crippen molar-refractivity contribution in [3.05, 3.63) is 35.9 Å². The van der Waals surface area contributed by atoms with Gasteiger partial charge in [0.25, 0.3) is 0 Å². The summed E-state index contributed by atoms with van der Waals surface area (Å²) in [5.74, 6) is 0.0104. The van der Waals surface area contributed by atoms with E-state index in [0.717, 1.165) is 44.3 Å². The van der Waals surface area contributed by atoms with Crippen LogP contribution in [0.4, 0.5) is 0 Å². The van der Waals surface area contributed by atoms with Crippen LogP contribution in [0.25, 0.3) is 0 Å². The largest absolute Gasteiger partial charge is 0.387 e. The molecule has 0 aromatic heterocycles. The van der Waals surface area contributed by atoms with Crippen molar-refractivity contribution in [2.75, 3.05) is 32.8 Å². The first-order valence-electron chi connectivity index (χ1n) is 9.61. The molecule has 6 heteroatoms. The molecule has 2 N–H and O–H groups in total. The van der Waals surface area contributed by atoms with Gasteiger partial charge in [-0.15, -0.1) is 0 Å². The number of nitrogens with zero attached hydrogens (tertiary/aromatic N) is 2. The van der Waals surface area contributed by atoms with E-state index in [1.54, 1.807) is 4.90 Å². The molecule has 2 saturated heterocycles. The summed E-state index contributed by atoms with van der Waals surface area (Å²) in [7, 11) is 0. The van der Waals surface area contributed by atoms with E-state index in [2.05, 4.69) is 10.2 Å². The van der Waals surface area contributed by atoms with Gasteiger partial charge < -0.3 is 15.3 Å². The molecule has 3 rings (SSSR count).